The molecule has 1 aliphatic rings. The maximum absolute atomic E-state index is 14.5. The minimum Gasteiger partial charge on any atom is -0.484 e. The summed E-state index contributed by atoms with van der Waals surface area (Å²) in [5.74, 6) is -1.34. The predicted octanol–water partition coefficient (Wildman–Crippen LogP) is 6.33. The van der Waals surface area contributed by atoms with E-state index in [1.807, 2.05) is 6.26 Å². The van der Waals surface area contributed by atoms with Crippen LogP contribution in [0.25, 0.3) is 11.1 Å². The molecule has 170 valence electrons. The molecule has 0 amide bonds. The average Bonchev–Trinajstić information content (AvgIpc) is 3.30. The molecule has 2 N–H and O–H groups in total. The molecule has 32 heavy (non-hydrogen) atoms. The van der Waals surface area contributed by atoms with Gasteiger partial charge in [-0.25, -0.2) is 23.1 Å². The minimum absolute atomic E-state index is 0.0226. The zero-order chi connectivity index (χ0) is 23.1. The Morgan fingerprint density at radius 3 is 2.47 bits per heavy atom. The Balaban J connectivity index is 0.000000913. The van der Waals surface area contributed by atoms with Crippen molar-refractivity contribution in [3.63, 3.8) is 0 Å². The molecule has 4 rings (SSSR count). The fraction of sp³-hybridized carbons (Fsp3) is 0.333. The van der Waals surface area contributed by atoms with Crippen LogP contribution in [-0.4, -0.2) is 16.2 Å². The summed E-state index contributed by atoms with van der Waals surface area (Å²) in [6.07, 6.45) is 7.95. The van der Waals surface area contributed by atoms with E-state index in [0.29, 0.717) is 11.6 Å². The molecule has 1 saturated carbocycles. The molecule has 0 spiro atoms. The van der Waals surface area contributed by atoms with Crippen molar-refractivity contribution in [2.75, 3.05) is 6.26 Å². The molecule has 8 heteroatoms. The van der Waals surface area contributed by atoms with Gasteiger partial charge in [-0.1, -0.05) is 36.4 Å². The summed E-state index contributed by atoms with van der Waals surface area (Å²) in [7, 11) is 0. The van der Waals surface area contributed by atoms with Crippen LogP contribution in [-0.2, 0) is 6.61 Å². The highest BCUT2D eigenvalue weighted by atomic mass is 32.2. The van der Waals surface area contributed by atoms with E-state index in [1.165, 1.54) is 30.9 Å². The Labute approximate surface area is 190 Å². The normalized spacial score (nSPS) is 13.6. The molecule has 2 aromatic carbocycles. The summed E-state index contributed by atoms with van der Waals surface area (Å²) in [4.78, 5) is 8.90. The van der Waals surface area contributed by atoms with Crippen LogP contribution in [0.1, 0.15) is 48.7 Å². The monoisotopic (exact) mass is 461 g/mol. The van der Waals surface area contributed by atoms with Gasteiger partial charge in [0.25, 0.3) is 0 Å². The summed E-state index contributed by atoms with van der Waals surface area (Å²) in [5.41, 5.74) is 1.50. The number of rotatable bonds is 5. The van der Waals surface area contributed by atoms with Crippen LogP contribution >= 0.6 is 11.9 Å². The molecule has 3 aromatic rings. The molecule has 0 atom stereocenters. The summed E-state index contributed by atoms with van der Waals surface area (Å²) < 4.78 is 48.5. The Bertz CT molecular complexity index is 1060. The van der Waals surface area contributed by atoms with Crippen LogP contribution in [0.5, 0.6) is 5.75 Å². The van der Waals surface area contributed by atoms with Crippen LogP contribution in [0.3, 0.4) is 0 Å². The van der Waals surface area contributed by atoms with Crippen molar-refractivity contribution in [3.8, 4) is 16.9 Å². The van der Waals surface area contributed by atoms with Gasteiger partial charge < -0.3 is 4.74 Å². The van der Waals surface area contributed by atoms with Crippen molar-refractivity contribution in [2.24, 2.45) is 5.14 Å². The maximum atomic E-state index is 14.5. The van der Waals surface area contributed by atoms with Crippen molar-refractivity contribution in [2.45, 2.75) is 45.1 Å². The SMILES string of the molecule is CSN.Cc1ccc(F)c(-c2cc(F)cc(F)c2OCc2ccnc(C3CCCC3)n2)c1. The molecule has 0 aliphatic heterocycles. The lowest BCUT2D eigenvalue weighted by atomic mass is 10.0. The number of hydrogen-bond acceptors (Lipinski definition) is 5. The van der Waals surface area contributed by atoms with Gasteiger partial charge in [-0.15, -0.1) is 0 Å². The van der Waals surface area contributed by atoms with Gasteiger partial charge in [-0.2, -0.15) is 0 Å². The predicted molar refractivity (Wildman–Crippen MR) is 122 cm³/mol. The van der Waals surface area contributed by atoms with E-state index in [1.54, 1.807) is 31.3 Å². The Morgan fingerprint density at radius 2 is 1.75 bits per heavy atom. The first kappa shape index (κ1) is 24.1. The molecule has 0 saturated heterocycles. The highest BCUT2D eigenvalue weighted by Gasteiger charge is 2.21. The number of nitrogens with two attached hydrogens (primary N) is 1. The van der Waals surface area contributed by atoms with Gasteiger partial charge in [0.05, 0.1) is 5.69 Å². The maximum Gasteiger partial charge on any atom is 0.168 e. The second-order valence-corrected chi connectivity index (χ2v) is 8.13. The molecule has 1 aliphatic carbocycles. The second kappa shape index (κ2) is 11.3. The average molecular weight is 462 g/mol. The third kappa shape index (κ3) is 6.01. The number of aromatic nitrogens is 2. The number of halogens is 3. The highest BCUT2D eigenvalue weighted by molar-refractivity contribution is 7.96. The van der Waals surface area contributed by atoms with E-state index in [0.717, 1.165) is 36.4 Å². The lowest BCUT2D eigenvalue weighted by Gasteiger charge is -2.15. The third-order valence-corrected chi connectivity index (χ3v) is 5.24. The molecule has 1 fully saturated rings. The van der Waals surface area contributed by atoms with Gasteiger partial charge in [0.15, 0.2) is 11.6 Å². The molecule has 0 radical (unpaired) electrons. The van der Waals surface area contributed by atoms with Gasteiger partial charge in [0.1, 0.15) is 24.1 Å². The molecular formula is C24H26F3N3OS. The van der Waals surface area contributed by atoms with Gasteiger partial charge >= 0.3 is 0 Å². The molecule has 0 bridgehead atoms. The van der Waals surface area contributed by atoms with Crippen LogP contribution < -0.4 is 9.88 Å². The molecule has 1 aromatic heterocycles. The third-order valence-electron chi connectivity index (χ3n) is 5.24. The molecule has 1 heterocycles. The zero-order valence-electron chi connectivity index (χ0n) is 18.1. The Morgan fingerprint density at radius 1 is 1.03 bits per heavy atom. The van der Waals surface area contributed by atoms with Crippen molar-refractivity contribution in [3.05, 3.63) is 77.1 Å². The van der Waals surface area contributed by atoms with E-state index in [4.69, 9.17) is 9.88 Å². The standard InChI is InChI=1S/C23H21F3N2O.CH5NS/c1-14-6-7-20(25)18(10-14)19-11-16(24)12-21(26)22(19)29-13-17-8-9-27-23(28-17)15-4-2-3-5-15;1-3-2/h6-12,15H,2-5,13H2,1H3;2H2,1H3. The Kier molecular flexibility index (Phi) is 8.53. The van der Waals surface area contributed by atoms with E-state index < -0.39 is 17.5 Å². The first-order valence-electron chi connectivity index (χ1n) is 10.4. The fourth-order valence-corrected chi connectivity index (χ4v) is 3.77. The lowest BCUT2D eigenvalue weighted by Crippen LogP contribution is -2.07. The molecule has 4 nitrogen and oxygen atoms in total. The first-order valence-corrected chi connectivity index (χ1v) is 11.6. The van der Waals surface area contributed by atoms with Crippen LogP contribution in [0.4, 0.5) is 13.2 Å². The van der Waals surface area contributed by atoms with Crippen molar-refractivity contribution >= 4 is 11.9 Å². The minimum atomic E-state index is -0.883. The summed E-state index contributed by atoms with van der Waals surface area (Å²) in [6, 6.07) is 7.93. The van der Waals surface area contributed by atoms with E-state index in [9.17, 15) is 13.2 Å². The van der Waals surface area contributed by atoms with Crippen molar-refractivity contribution in [1.29, 1.82) is 0 Å². The van der Waals surface area contributed by atoms with Gasteiger partial charge in [0.2, 0.25) is 0 Å². The highest BCUT2D eigenvalue weighted by Crippen LogP contribution is 2.36. The van der Waals surface area contributed by atoms with Crippen LogP contribution in [0.15, 0.2) is 42.6 Å². The smallest absolute Gasteiger partial charge is 0.168 e. The fourth-order valence-electron chi connectivity index (χ4n) is 3.77. The number of ether oxygens (including phenoxy) is 1. The number of hydrogen-bond donors (Lipinski definition) is 1. The van der Waals surface area contributed by atoms with E-state index in [2.05, 4.69) is 9.97 Å². The van der Waals surface area contributed by atoms with Crippen LogP contribution in [0.2, 0.25) is 0 Å². The lowest BCUT2D eigenvalue weighted by molar-refractivity contribution is 0.285. The van der Waals surface area contributed by atoms with Gasteiger partial charge in [-0.3, -0.25) is 5.14 Å². The summed E-state index contributed by atoms with van der Waals surface area (Å²) in [5, 5.41) is 4.76. The molecular weight excluding hydrogens is 435 g/mol. The van der Waals surface area contributed by atoms with Crippen molar-refractivity contribution < 1.29 is 17.9 Å². The van der Waals surface area contributed by atoms with Gasteiger partial charge in [-0.05, 0) is 50.3 Å². The van der Waals surface area contributed by atoms with E-state index in [-0.39, 0.29) is 23.5 Å². The quantitative estimate of drug-likeness (QED) is 0.450. The Hall–Kier alpha value is -2.58. The molecule has 0 unspecified atom stereocenters. The van der Waals surface area contributed by atoms with Crippen LogP contribution in [0, 0.1) is 24.4 Å². The van der Waals surface area contributed by atoms with Crippen molar-refractivity contribution in [1.82, 2.24) is 9.97 Å². The number of benzene rings is 2. The number of nitrogens with zero attached hydrogens (tertiary/aromatic N) is 2. The largest absolute Gasteiger partial charge is 0.484 e. The number of aryl methyl sites for hydroxylation is 1. The zero-order valence-corrected chi connectivity index (χ0v) is 18.9. The van der Waals surface area contributed by atoms with Gasteiger partial charge in [0, 0.05) is 29.3 Å². The van der Waals surface area contributed by atoms with E-state index >= 15 is 0 Å². The summed E-state index contributed by atoms with van der Waals surface area (Å²) in [6.45, 7) is 1.76. The topological polar surface area (TPSA) is 61.0 Å². The summed E-state index contributed by atoms with van der Waals surface area (Å²) >= 11 is 1.25. The first-order chi connectivity index (χ1) is 15.4. The second-order valence-electron chi connectivity index (χ2n) is 7.66.